The van der Waals surface area contributed by atoms with Gasteiger partial charge >= 0.3 is 0 Å². The first kappa shape index (κ1) is 14.2. The minimum Gasteiger partial charge on any atom is -0.445 e. The number of rotatable bonds is 2. The second-order valence-electron chi connectivity index (χ2n) is 6.84. The lowest BCUT2D eigenvalue weighted by Crippen LogP contribution is -2.36. The molecule has 7 nitrogen and oxygen atoms in total. The Bertz CT molecular complexity index is 788. The Morgan fingerprint density at radius 3 is 3.12 bits per heavy atom. The molecule has 0 saturated carbocycles. The largest absolute Gasteiger partial charge is 0.445 e. The smallest absolute Gasteiger partial charge is 0.275 e. The topological polar surface area (TPSA) is 84.2 Å². The first-order valence-electron chi connectivity index (χ1n) is 8.71. The van der Waals surface area contributed by atoms with Gasteiger partial charge in [0.05, 0.1) is 19.1 Å². The van der Waals surface area contributed by atoms with Crippen molar-refractivity contribution in [2.24, 2.45) is 0 Å². The van der Waals surface area contributed by atoms with Gasteiger partial charge in [-0.3, -0.25) is 9.89 Å². The van der Waals surface area contributed by atoms with Crippen LogP contribution in [0.1, 0.15) is 57.9 Å². The molecule has 2 aliphatic heterocycles. The van der Waals surface area contributed by atoms with Crippen LogP contribution in [0.15, 0.2) is 4.42 Å². The number of carbonyl (C=O) groups excluding carboxylic acids is 1. The van der Waals surface area contributed by atoms with Crippen LogP contribution in [-0.4, -0.2) is 45.7 Å². The third-order valence-electron chi connectivity index (χ3n) is 5.32. The van der Waals surface area contributed by atoms with E-state index in [1.807, 2.05) is 4.90 Å². The molecular weight excluding hydrogens is 308 g/mol. The summed E-state index contributed by atoms with van der Waals surface area (Å²) in [5.74, 6) is 1.96. The molecule has 5 rings (SSSR count). The fraction of sp³-hybridized carbons (Fsp3) is 0.588. The van der Waals surface area contributed by atoms with Crippen molar-refractivity contribution < 1.29 is 13.9 Å². The number of hydrogen-bond acceptors (Lipinski definition) is 5. The first-order valence-corrected chi connectivity index (χ1v) is 8.71. The summed E-state index contributed by atoms with van der Waals surface area (Å²) >= 11 is 0. The van der Waals surface area contributed by atoms with E-state index >= 15 is 0 Å². The van der Waals surface area contributed by atoms with Crippen molar-refractivity contribution in [2.75, 3.05) is 19.8 Å². The number of amides is 1. The number of fused-ring (bicyclic) bond motifs is 2. The normalized spacial score (nSPS) is 22.7. The van der Waals surface area contributed by atoms with Crippen LogP contribution in [0.25, 0.3) is 0 Å². The van der Waals surface area contributed by atoms with Crippen LogP contribution in [0.5, 0.6) is 0 Å². The maximum atomic E-state index is 12.9. The molecule has 1 aliphatic carbocycles. The number of nitrogens with zero attached hydrogens (tertiary/aromatic N) is 3. The zero-order valence-corrected chi connectivity index (χ0v) is 13.5. The third kappa shape index (κ3) is 2.18. The molecule has 3 aliphatic rings. The summed E-state index contributed by atoms with van der Waals surface area (Å²) in [5.41, 5.74) is 3.72. The number of hydrogen-bond donors (Lipinski definition) is 1. The lowest BCUT2D eigenvalue weighted by Gasteiger charge is -2.24. The van der Waals surface area contributed by atoms with Crippen molar-refractivity contribution >= 4 is 5.91 Å². The van der Waals surface area contributed by atoms with Gasteiger partial charge in [-0.25, -0.2) is 4.98 Å². The monoisotopic (exact) mass is 328 g/mol. The lowest BCUT2D eigenvalue weighted by atomic mass is 10.1. The van der Waals surface area contributed by atoms with Gasteiger partial charge in [0.1, 0.15) is 11.5 Å². The molecule has 2 aromatic rings. The highest BCUT2D eigenvalue weighted by Gasteiger charge is 2.32. The van der Waals surface area contributed by atoms with Gasteiger partial charge in [-0.1, -0.05) is 0 Å². The van der Waals surface area contributed by atoms with Crippen LogP contribution in [0.2, 0.25) is 0 Å². The summed E-state index contributed by atoms with van der Waals surface area (Å²) in [5, 5.41) is 7.28. The Labute approximate surface area is 139 Å². The van der Waals surface area contributed by atoms with Crippen LogP contribution < -0.4 is 0 Å². The van der Waals surface area contributed by atoms with Gasteiger partial charge in [0.25, 0.3) is 5.91 Å². The van der Waals surface area contributed by atoms with Crippen LogP contribution in [0, 0.1) is 0 Å². The maximum Gasteiger partial charge on any atom is 0.275 e. The molecule has 7 heteroatoms. The molecule has 126 valence electrons. The van der Waals surface area contributed by atoms with Crippen LogP contribution >= 0.6 is 0 Å². The second kappa shape index (κ2) is 5.44. The lowest BCUT2D eigenvalue weighted by molar-refractivity contribution is 0.0720. The zero-order valence-electron chi connectivity index (χ0n) is 13.5. The van der Waals surface area contributed by atoms with E-state index in [-0.39, 0.29) is 11.8 Å². The quantitative estimate of drug-likeness (QED) is 0.905. The number of ether oxygens (including phenoxy) is 1. The van der Waals surface area contributed by atoms with E-state index in [0.29, 0.717) is 31.8 Å². The van der Waals surface area contributed by atoms with Gasteiger partial charge in [-0.05, 0) is 25.7 Å². The van der Waals surface area contributed by atoms with Gasteiger partial charge in [0.2, 0.25) is 0 Å². The average Bonchev–Trinajstić information content (AvgIpc) is 3.36. The standard InChI is InChI=1S/C17H20N4O3/c22-17(15-11-2-1-3-12(11)19-20-15)21-6-4-14-13(8-21)18-16(24-14)10-5-7-23-9-10/h10H,1-9H2,(H,19,20). The molecule has 1 amide bonds. The van der Waals surface area contributed by atoms with Crippen molar-refractivity contribution in [3.05, 3.63) is 34.3 Å². The maximum absolute atomic E-state index is 12.9. The number of oxazole rings is 1. The van der Waals surface area contributed by atoms with E-state index < -0.39 is 0 Å². The van der Waals surface area contributed by atoms with Gasteiger partial charge in [0, 0.05) is 30.8 Å². The van der Waals surface area contributed by atoms with E-state index in [1.165, 1.54) is 0 Å². The average molecular weight is 328 g/mol. The van der Waals surface area contributed by atoms with E-state index in [4.69, 9.17) is 9.15 Å². The fourth-order valence-electron chi connectivity index (χ4n) is 3.94. The number of aromatic nitrogens is 3. The van der Waals surface area contributed by atoms with Gasteiger partial charge < -0.3 is 14.1 Å². The highest BCUT2D eigenvalue weighted by atomic mass is 16.5. The molecule has 0 spiro atoms. The summed E-state index contributed by atoms with van der Waals surface area (Å²) in [6, 6.07) is 0. The van der Waals surface area contributed by atoms with Crippen molar-refractivity contribution in [3.8, 4) is 0 Å². The summed E-state index contributed by atoms with van der Waals surface area (Å²) in [7, 11) is 0. The highest BCUT2D eigenvalue weighted by Crippen LogP contribution is 2.30. The van der Waals surface area contributed by atoms with Crippen molar-refractivity contribution in [1.82, 2.24) is 20.1 Å². The van der Waals surface area contributed by atoms with Gasteiger partial charge in [0.15, 0.2) is 11.6 Å². The number of carbonyl (C=O) groups is 1. The van der Waals surface area contributed by atoms with Crippen LogP contribution in [0.4, 0.5) is 0 Å². The van der Waals surface area contributed by atoms with Crippen molar-refractivity contribution in [3.63, 3.8) is 0 Å². The highest BCUT2D eigenvalue weighted by molar-refractivity contribution is 5.94. The molecule has 1 saturated heterocycles. The Balaban J connectivity index is 1.37. The minimum absolute atomic E-state index is 0.00815. The third-order valence-corrected chi connectivity index (χ3v) is 5.32. The molecule has 1 unspecified atom stereocenters. The zero-order chi connectivity index (χ0) is 16.1. The van der Waals surface area contributed by atoms with Gasteiger partial charge in [-0.2, -0.15) is 5.10 Å². The predicted molar refractivity (Wildman–Crippen MR) is 83.7 cm³/mol. The molecule has 0 bridgehead atoms. The minimum atomic E-state index is 0.00815. The Morgan fingerprint density at radius 2 is 2.25 bits per heavy atom. The van der Waals surface area contributed by atoms with E-state index in [0.717, 1.165) is 60.9 Å². The summed E-state index contributed by atoms with van der Waals surface area (Å²) in [6.45, 7) is 2.62. The van der Waals surface area contributed by atoms with E-state index in [2.05, 4.69) is 15.2 Å². The molecule has 0 aromatic carbocycles. The second-order valence-corrected chi connectivity index (χ2v) is 6.84. The Kier molecular flexibility index (Phi) is 3.22. The molecule has 1 fully saturated rings. The van der Waals surface area contributed by atoms with E-state index in [9.17, 15) is 4.79 Å². The van der Waals surface area contributed by atoms with Crippen LogP contribution in [-0.2, 0) is 30.5 Å². The predicted octanol–water partition coefficient (Wildman–Crippen LogP) is 1.59. The first-order chi connectivity index (χ1) is 11.8. The van der Waals surface area contributed by atoms with Gasteiger partial charge in [-0.15, -0.1) is 0 Å². The Morgan fingerprint density at radius 1 is 1.29 bits per heavy atom. The SMILES string of the molecule is O=C(c1n[nH]c2c1CCC2)N1CCc2oc(C3CCOC3)nc2C1. The van der Waals surface area contributed by atoms with E-state index in [1.54, 1.807) is 0 Å². The fourth-order valence-corrected chi connectivity index (χ4v) is 3.94. The molecule has 1 atom stereocenters. The molecular formula is C17H20N4O3. The summed E-state index contributed by atoms with van der Waals surface area (Å²) < 4.78 is 11.4. The molecule has 1 N–H and O–H groups in total. The summed E-state index contributed by atoms with van der Waals surface area (Å²) in [4.78, 5) is 19.4. The number of aromatic amines is 1. The number of H-pyrrole nitrogens is 1. The number of aryl methyl sites for hydroxylation is 1. The Hall–Kier alpha value is -2.15. The van der Waals surface area contributed by atoms with Crippen molar-refractivity contribution in [1.29, 1.82) is 0 Å². The molecule has 4 heterocycles. The number of nitrogens with one attached hydrogen (secondary N) is 1. The summed E-state index contributed by atoms with van der Waals surface area (Å²) in [6.07, 6.45) is 4.72. The molecule has 24 heavy (non-hydrogen) atoms. The van der Waals surface area contributed by atoms with Crippen LogP contribution in [0.3, 0.4) is 0 Å². The molecule has 2 aromatic heterocycles. The molecule has 0 radical (unpaired) electrons. The van der Waals surface area contributed by atoms with Crippen molar-refractivity contribution in [2.45, 2.75) is 44.6 Å².